The number of anilines is 1. The summed E-state index contributed by atoms with van der Waals surface area (Å²) in [4.78, 5) is 15.9. The summed E-state index contributed by atoms with van der Waals surface area (Å²) in [6.45, 7) is 5.99. The summed E-state index contributed by atoms with van der Waals surface area (Å²) in [6.07, 6.45) is 10.2. The maximum absolute atomic E-state index is 6.26. The summed E-state index contributed by atoms with van der Waals surface area (Å²) in [5.41, 5.74) is 2.08. The fraction of sp³-hybridized carbons (Fsp3) is 0.273. The summed E-state index contributed by atoms with van der Waals surface area (Å²) in [5.74, 6) is 1.83. The third-order valence-electron chi connectivity index (χ3n) is 5.38. The van der Waals surface area contributed by atoms with E-state index in [0.29, 0.717) is 0 Å². The van der Waals surface area contributed by atoms with Crippen LogP contribution in [0.25, 0.3) is 23.1 Å². The lowest BCUT2D eigenvalue weighted by atomic mass is 10.1. The third-order valence-corrected chi connectivity index (χ3v) is 6.57. The van der Waals surface area contributed by atoms with E-state index in [1.807, 2.05) is 37.5 Å². The highest BCUT2D eigenvalue weighted by atomic mass is 35.5. The largest absolute Gasteiger partial charge is 0.360 e. The lowest BCUT2D eigenvalue weighted by Crippen LogP contribution is -2.49. The van der Waals surface area contributed by atoms with Crippen molar-refractivity contribution in [2.75, 3.05) is 31.5 Å². The summed E-state index contributed by atoms with van der Waals surface area (Å²) in [6, 6.07) is 5.99. The minimum absolute atomic E-state index is 0.0545. The Kier molecular flexibility index (Phi) is 5.78. The molecule has 4 N–H and O–H groups in total. The quantitative estimate of drug-likeness (QED) is 0.470. The van der Waals surface area contributed by atoms with Crippen molar-refractivity contribution >= 4 is 57.0 Å². The molecule has 0 radical (unpaired) electrons. The van der Waals surface area contributed by atoms with Crippen molar-refractivity contribution in [3.8, 4) is 0 Å². The summed E-state index contributed by atoms with van der Waals surface area (Å²) in [7, 11) is 0. The molecule has 2 aliphatic heterocycles. The van der Waals surface area contributed by atoms with Crippen molar-refractivity contribution in [1.82, 2.24) is 25.5 Å². The lowest BCUT2D eigenvalue weighted by molar-refractivity contribution is 0.204. The maximum atomic E-state index is 6.26. The molecule has 160 valence electrons. The number of nitrogens with one attached hydrogen (secondary N) is 4. The second-order valence-electron chi connectivity index (χ2n) is 7.55. The van der Waals surface area contributed by atoms with Gasteiger partial charge < -0.3 is 20.9 Å². The number of rotatable bonds is 5. The predicted molar refractivity (Wildman–Crippen MR) is 131 cm³/mol. The van der Waals surface area contributed by atoms with Crippen LogP contribution in [0.5, 0.6) is 0 Å². The Bertz CT molecular complexity index is 1170. The van der Waals surface area contributed by atoms with Gasteiger partial charge in [-0.2, -0.15) is 0 Å². The van der Waals surface area contributed by atoms with E-state index in [1.54, 1.807) is 11.3 Å². The van der Waals surface area contributed by atoms with Crippen molar-refractivity contribution in [3.63, 3.8) is 0 Å². The molecule has 0 spiro atoms. The number of halogens is 1. The topological polar surface area (TPSA) is 80.4 Å². The maximum Gasteiger partial charge on any atom is 0.188 e. The molecule has 0 aliphatic carbocycles. The number of aromatic nitrogens is 2. The first-order valence-corrected chi connectivity index (χ1v) is 11.5. The molecule has 0 amide bonds. The number of H-pyrrole nitrogens is 1. The van der Waals surface area contributed by atoms with Gasteiger partial charge in [0, 0.05) is 48.8 Å². The van der Waals surface area contributed by atoms with Gasteiger partial charge in [-0.25, -0.2) is 9.98 Å². The van der Waals surface area contributed by atoms with Crippen LogP contribution < -0.4 is 16.0 Å². The normalized spacial score (nSPS) is 20.0. The summed E-state index contributed by atoms with van der Waals surface area (Å²) >= 11 is 7.86. The van der Waals surface area contributed by atoms with Crippen LogP contribution in [-0.4, -0.2) is 53.0 Å². The number of fused-ring (bicyclic) bond motifs is 1. The second kappa shape index (κ2) is 8.84. The van der Waals surface area contributed by atoms with Crippen LogP contribution in [0, 0.1) is 0 Å². The van der Waals surface area contributed by atoms with E-state index in [9.17, 15) is 0 Å². The van der Waals surface area contributed by atoms with Gasteiger partial charge in [-0.15, -0.1) is 0 Å². The molecule has 1 fully saturated rings. The highest BCUT2D eigenvalue weighted by Gasteiger charge is 2.22. The molecule has 0 saturated carbocycles. The number of hydrogen-bond donors (Lipinski definition) is 4. The van der Waals surface area contributed by atoms with E-state index in [-0.39, 0.29) is 6.17 Å². The predicted octanol–water partition coefficient (Wildman–Crippen LogP) is 3.95. The van der Waals surface area contributed by atoms with Crippen molar-refractivity contribution in [1.29, 1.82) is 0 Å². The van der Waals surface area contributed by atoms with Gasteiger partial charge in [-0.3, -0.25) is 4.90 Å². The molecule has 31 heavy (non-hydrogen) atoms. The molecule has 3 aromatic rings. The molecular weight excluding hydrogens is 430 g/mol. The summed E-state index contributed by atoms with van der Waals surface area (Å²) in [5, 5.41) is 12.8. The number of amidine groups is 1. The number of aliphatic imine (C=N–C) groups is 1. The molecule has 1 aromatic carbocycles. The number of piperazine rings is 1. The Morgan fingerprint density at radius 3 is 2.97 bits per heavy atom. The van der Waals surface area contributed by atoms with Crippen LogP contribution in [0.15, 0.2) is 47.5 Å². The minimum Gasteiger partial charge on any atom is -0.360 e. The zero-order valence-electron chi connectivity index (χ0n) is 17.2. The van der Waals surface area contributed by atoms with Crippen molar-refractivity contribution < 1.29 is 0 Å². The highest BCUT2D eigenvalue weighted by molar-refractivity contribution is 7.16. The van der Waals surface area contributed by atoms with E-state index in [4.69, 9.17) is 16.6 Å². The van der Waals surface area contributed by atoms with Gasteiger partial charge in [0.25, 0.3) is 0 Å². The average Bonchev–Trinajstić information content (AvgIpc) is 3.44. The SMILES string of the molecule is CC1=NC(N2CCNCC2)C=C(Nc2ncc(/C=C/c3ccc(Cl)c4[nH]ccc34)s2)N1. The average molecular weight is 454 g/mol. The third kappa shape index (κ3) is 4.52. The Balaban J connectivity index is 1.29. The molecule has 1 unspecified atom stereocenters. The van der Waals surface area contributed by atoms with Crippen LogP contribution in [0.4, 0.5) is 5.13 Å². The first-order valence-electron chi connectivity index (χ1n) is 10.3. The first-order chi connectivity index (χ1) is 15.2. The molecule has 9 heteroatoms. The minimum atomic E-state index is 0.0545. The van der Waals surface area contributed by atoms with Gasteiger partial charge in [-0.05, 0) is 36.8 Å². The van der Waals surface area contributed by atoms with Crippen LogP contribution in [0.1, 0.15) is 17.4 Å². The van der Waals surface area contributed by atoms with Crippen molar-refractivity contribution in [2.45, 2.75) is 13.1 Å². The van der Waals surface area contributed by atoms with Crippen molar-refractivity contribution in [2.24, 2.45) is 4.99 Å². The highest BCUT2D eigenvalue weighted by Crippen LogP contribution is 2.28. The number of nitrogens with zero attached hydrogens (tertiary/aromatic N) is 3. The van der Waals surface area contributed by atoms with Gasteiger partial charge in [0.15, 0.2) is 5.13 Å². The van der Waals surface area contributed by atoms with E-state index in [2.05, 4.69) is 49.0 Å². The standard InChI is InChI=1S/C22H24ClN7S/c1-14-27-19(12-20(28-14)30-10-8-24-9-11-30)29-22-26-13-16(31-22)4-2-15-3-5-18(23)21-17(15)6-7-25-21/h2-7,12-13,20,24-25H,8-11H2,1H3,(H,26,29)(H,27,28)/b4-2+. The van der Waals surface area contributed by atoms with Gasteiger partial charge >= 0.3 is 0 Å². The van der Waals surface area contributed by atoms with Gasteiger partial charge in [0.05, 0.1) is 10.5 Å². The van der Waals surface area contributed by atoms with Gasteiger partial charge in [0.1, 0.15) is 17.8 Å². The Hall–Kier alpha value is -2.65. The number of hydrogen-bond acceptors (Lipinski definition) is 7. The molecule has 2 aromatic heterocycles. The molecule has 5 rings (SSSR count). The molecule has 2 aliphatic rings. The van der Waals surface area contributed by atoms with Crippen LogP contribution in [0.3, 0.4) is 0 Å². The zero-order valence-corrected chi connectivity index (χ0v) is 18.7. The van der Waals surface area contributed by atoms with E-state index in [0.717, 1.165) is 69.3 Å². The van der Waals surface area contributed by atoms with Crippen LogP contribution >= 0.6 is 22.9 Å². The molecular formula is C22H24ClN7S. The monoisotopic (exact) mass is 453 g/mol. The first kappa shape index (κ1) is 20.3. The molecule has 1 saturated heterocycles. The smallest absolute Gasteiger partial charge is 0.188 e. The molecule has 4 heterocycles. The van der Waals surface area contributed by atoms with Crippen LogP contribution in [0.2, 0.25) is 5.02 Å². The van der Waals surface area contributed by atoms with Gasteiger partial charge in [0.2, 0.25) is 0 Å². The molecule has 1 atom stereocenters. The molecule has 7 nitrogen and oxygen atoms in total. The van der Waals surface area contributed by atoms with Crippen LogP contribution in [-0.2, 0) is 0 Å². The van der Waals surface area contributed by atoms with E-state index >= 15 is 0 Å². The van der Waals surface area contributed by atoms with Crippen molar-refractivity contribution in [3.05, 3.63) is 58.0 Å². The second-order valence-corrected chi connectivity index (χ2v) is 9.02. The zero-order chi connectivity index (χ0) is 21.2. The molecule has 0 bridgehead atoms. The van der Waals surface area contributed by atoms with Gasteiger partial charge in [-0.1, -0.05) is 35.1 Å². The van der Waals surface area contributed by atoms with E-state index < -0.39 is 0 Å². The summed E-state index contributed by atoms with van der Waals surface area (Å²) < 4.78 is 0. The Labute approximate surface area is 189 Å². The van der Waals surface area contributed by atoms with E-state index in [1.165, 1.54) is 0 Å². The Morgan fingerprint density at radius 1 is 1.23 bits per heavy atom. The number of aromatic amines is 1. The fourth-order valence-corrected chi connectivity index (χ4v) is 4.81. The lowest BCUT2D eigenvalue weighted by Gasteiger charge is -2.33. The Morgan fingerprint density at radius 2 is 2.10 bits per heavy atom. The fourth-order valence-electron chi connectivity index (χ4n) is 3.86. The number of thiazole rings is 1. The number of benzene rings is 1.